The number of carbonyl (C=O) groups is 3. The van der Waals surface area contributed by atoms with E-state index in [1.807, 2.05) is 19.0 Å². The Morgan fingerprint density at radius 1 is 1.24 bits per heavy atom. The maximum Gasteiger partial charge on any atom is 0.490 e. The van der Waals surface area contributed by atoms with Crippen molar-refractivity contribution in [2.45, 2.75) is 31.0 Å². The Morgan fingerprint density at radius 3 is 2.24 bits per heavy atom. The number of pyridine rings is 1. The molecule has 0 unspecified atom stereocenters. The van der Waals surface area contributed by atoms with Crippen molar-refractivity contribution in [3.8, 4) is 0 Å². The highest BCUT2D eigenvalue weighted by Gasteiger charge is 2.38. The molecule has 1 aromatic rings. The van der Waals surface area contributed by atoms with E-state index in [-0.39, 0.29) is 18.0 Å². The van der Waals surface area contributed by atoms with Crippen molar-refractivity contribution in [1.82, 2.24) is 10.3 Å². The number of aliphatic carboxylic acids is 2. The highest BCUT2D eigenvalue weighted by Crippen LogP contribution is 2.25. The van der Waals surface area contributed by atoms with E-state index in [4.69, 9.17) is 19.7 Å². The van der Waals surface area contributed by atoms with Crippen LogP contribution in [0.3, 0.4) is 0 Å². The van der Waals surface area contributed by atoms with Crippen molar-refractivity contribution < 1.29 is 42.5 Å². The van der Waals surface area contributed by atoms with Gasteiger partial charge in [-0.25, -0.2) is 4.79 Å². The van der Waals surface area contributed by atoms with Gasteiger partial charge in [0, 0.05) is 39.2 Å². The summed E-state index contributed by atoms with van der Waals surface area (Å²) in [6, 6.07) is 3.49. The third kappa shape index (κ3) is 7.94. The SMILES string of the molecule is CN(C)c1ccnc(C(=O)NC2(CC(=O)O)CCOCC2)c1.O=C(O)C(F)(F)F. The number of hydrogen-bond acceptors (Lipinski definition) is 6. The second kappa shape index (κ2) is 10.0. The van der Waals surface area contributed by atoms with Crippen molar-refractivity contribution in [3.05, 3.63) is 24.0 Å². The zero-order valence-electron chi connectivity index (χ0n) is 15.8. The summed E-state index contributed by atoms with van der Waals surface area (Å²) in [4.78, 5) is 38.4. The normalized spacial score (nSPS) is 15.5. The first kappa shape index (κ1) is 24.1. The minimum atomic E-state index is -5.08. The number of aromatic nitrogens is 1. The summed E-state index contributed by atoms with van der Waals surface area (Å²) in [6.07, 6.45) is -2.66. The lowest BCUT2D eigenvalue weighted by Gasteiger charge is -2.36. The average molecular weight is 421 g/mol. The van der Waals surface area contributed by atoms with Gasteiger partial charge in [-0.3, -0.25) is 14.6 Å². The number of nitrogens with one attached hydrogen (secondary N) is 1. The summed E-state index contributed by atoms with van der Waals surface area (Å²) in [6.45, 7) is 0.886. The van der Waals surface area contributed by atoms with E-state index in [1.54, 1.807) is 18.3 Å². The van der Waals surface area contributed by atoms with Crippen LogP contribution >= 0.6 is 0 Å². The van der Waals surface area contributed by atoms with Gasteiger partial charge in [0.15, 0.2) is 0 Å². The molecule has 0 saturated carbocycles. The van der Waals surface area contributed by atoms with Crippen molar-refractivity contribution in [2.24, 2.45) is 0 Å². The number of ether oxygens (including phenoxy) is 1. The number of carboxylic acid groups (broad SMARTS) is 2. The molecule has 1 amide bonds. The fourth-order valence-electron chi connectivity index (χ4n) is 2.52. The molecule has 162 valence electrons. The molecule has 3 N–H and O–H groups in total. The Balaban J connectivity index is 0.000000516. The molecule has 0 aromatic carbocycles. The average Bonchev–Trinajstić information content (AvgIpc) is 2.61. The van der Waals surface area contributed by atoms with Gasteiger partial charge in [-0.05, 0) is 25.0 Å². The van der Waals surface area contributed by atoms with Crippen LogP contribution in [0.15, 0.2) is 18.3 Å². The van der Waals surface area contributed by atoms with Crippen LogP contribution in [0, 0.1) is 0 Å². The third-order valence-corrected chi connectivity index (χ3v) is 4.05. The minimum Gasteiger partial charge on any atom is -0.481 e. The Kier molecular flexibility index (Phi) is 8.37. The van der Waals surface area contributed by atoms with Gasteiger partial charge in [0.1, 0.15) is 5.69 Å². The molecule has 0 aliphatic carbocycles. The fourth-order valence-corrected chi connectivity index (χ4v) is 2.52. The predicted octanol–water partition coefficient (Wildman–Crippen LogP) is 1.53. The Bertz CT molecular complexity index is 733. The maximum absolute atomic E-state index is 12.4. The van der Waals surface area contributed by atoms with Gasteiger partial charge in [0.25, 0.3) is 5.91 Å². The molecule has 2 heterocycles. The number of nitrogens with zero attached hydrogens (tertiary/aromatic N) is 2. The smallest absolute Gasteiger partial charge is 0.481 e. The number of halogens is 3. The molecule has 0 spiro atoms. The minimum absolute atomic E-state index is 0.116. The number of carboxylic acids is 2. The van der Waals surface area contributed by atoms with E-state index in [1.165, 1.54) is 0 Å². The van der Waals surface area contributed by atoms with E-state index in [2.05, 4.69) is 10.3 Å². The third-order valence-electron chi connectivity index (χ3n) is 4.05. The summed E-state index contributed by atoms with van der Waals surface area (Å²) in [7, 11) is 3.75. The first-order valence-corrected chi connectivity index (χ1v) is 8.42. The second-order valence-corrected chi connectivity index (χ2v) is 6.51. The lowest BCUT2D eigenvalue weighted by atomic mass is 9.86. The molecule has 1 saturated heterocycles. The summed E-state index contributed by atoms with van der Waals surface area (Å²) >= 11 is 0. The molecule has 12 heteroatoms. The van der Waals surface area contributed by atoms with Crippen LogP contribution in [0.5, 0.6) is 0 Å². The Hall–Kier alpha value is -2.89. The Labute approximate surface area is 164 Å². The van der Waals surface area contributed by atoms with Crippen LogP contribution in [0.1, 0.15) is 29.8 Å². The van der Waals surface area contributed by atoms with Gasteiger partial charge in [-0.1, -0.05) is 0 Å². The number of anilines is 1. The highest BCUT2D eigenvalue weighted by atomic mass is 19.4. The molecular formula is C17H22F3N3O6. The van der Waals surface area contributed by atoms with Crippen LogP contribution in [-0.4, -0.2) is 72.1 Å². The molecule has 0 atom stereocenters. The molecule has 1 aromatic heterocycles. The molecule has 2 rings (SSSR count). The molecule has 0 radical (unpaired) electrons. The van der Waals surface area contributed by atoms with Gasteiger partial charge in [0.2, 0.25) is 0 Å². The first-order chi connectivity index (χ1) is 13.4. The molecule has 1 aliphatic rings. The van der Waals surface area contributed by atoms with Crippen molar-refractivity contribution in [1.29, 1.82) is 0 Å². The van der Waals surface area contributed by atoms with Crippen molar-refractivity contribution >= 4 is 23.5 Å². The molecule has 1 fully saturated rings. The first-order valence-electron chi connectivity index (χ1n) is 8.42. The standard InChI is InChI=1S/C15H21N3O4.C2HF3O2/c1-18(2)11-3-6-16-12(9-11)14(21)17-15(10-13(19)20)4-7-22-8-5-15;3-2(4,5)1(6)7/h3,6,9H,4-5,7-8,10H2,1-2H3,(H,17,21)(H,19,20);(H,6,7). The van der Waals surface area contributed by atoms with Crippen LogP contribution in [-0.2, 0) is 14.3 Å². The molecule has 9 nitrogen and oxygen atoms in total. The predicted molar refractivity (Wildman–Crippen MR) is 94.8 cm³/mol. The van der Waals surface area contributed by atoms with Crippen molar-refractivity contribution in [3.63, 3.8) is 0 Å². The number of amides is 1. The summed E-state index contributed by atoms with van der Waals surface area (Å²) in [5.41, 5.74) is 0.374. The Morgan fingerprint density at radius 2 is 1.79 bits per heavy atom. The molecule has 29 heavy (non-hydrogen) atoms. The second-order valence-electron chi connectivity index (χ2n) is 6.51. The van der Waals surface area contributed by atoms with Crippen LogP contribution in [0.4, 0.5) is 18.9 Å². The molecular weight excluding hydrogens is 399 g/mol. The van der Waals surface area contributed by atoms with Crippen LogP contribution in [0.25, 0.3) is 0 Å². The van der Waals surface area contributed by atoms with E-state index in [0.717, 1.165) is 5.69 Å². The zero-order valence-corrected chi connectivity index (χ0v) is 15.8. The lowest BCUT2D eigenvalue weighted by molar-refractivity contribution is -0.192. The highest BCUT2D eigenvalue weighted by molar-refractivity contribution is 5.94. The number of carbonyl (C=O) groups excluding carboxylic acids is 1. The maximum atomic E-state index is 12.4. The van der Waals surface area contributed by atoms with Gasteiger partial charge in [-0.2, -0.15) is 13.2 Å². The van der Waals surface area contributed by atoms with Crippen molar-refractivity contribution in [2.75, 3.05) is 32.2 Å². The quantitative estimate of drug-likeness (QED) is 0.653. The lowest BCUT2D eigenvalue weighted by Crippen LogP contribution is -2.53. The van der Waals surface area contributed by atoms with Gasteiger partial charge >= 0.3 is 18.1 Å². The summed E-state index contributed by atoms with van der Waals surface area (Å²) in [5.74, 6) is -4.04. The van der Waals surface area contributed by atoms with E-state index in [9.17, 15) is 22.8 Å². The van der Waals surface area contributed by atoms with Gasteiger partial charge < -0.3 is 25.2 Å². The molecule has 1 aliphatic heterocycles. The summed E-state index contributed by atoms with van der Waals surface area (Å²) in [5, 5.41) is 19.1. The van der Waals surface area contributed by atoms with E-state index < -0.39 is 23.7 Å². The number of alkyl halides is 3. The van der Waals surface area contributed by atoms with Gasteiger partial charge in [0.05, 0.1) is 12.0 Å². The molecule has 0 bridgehead atoms. The van der Waals surface area contributed by atoms with E-state index in [0.29, 0.717) is 26.1 Å². The van der Waals surface area contributed by atoms with Gasteiger partial charge in [-0.15, -0.1) is 0 Å². The monoisotopic (exact) mass is 421 g/mol. The largest absolute Gasteiger partial charge is 0.490 e. The van der Waals surface area contributed by atoms with Crippen LogP contribution < -0.4 is 10.2 Å². The van der Waals surface area contributed by atoms with E-state index >= 15 is 0 Å². The number of rotatable bonds is 5. The zero-order chi connectivity index (χ0) is 22.2. The fraction of sp³-hybridized carbons (Fsp3) is 0.529. The summed E-state index contributed by atoms with van der Waals surface area (Å²) < 4.78 is 37.0. The van der Waals surface area contributed by atoms with Crippen LogP contribution in [0.2, 0.25) is 0 Å². The topological polar surface area (TPSA) is 129 Å². The number of hydrogen-bond donors (Lipinski definition) is 3.